The molecule has 27 heavy (non-hydrogen) atoms. The third-order valence-corrected chi connectivity index (χ3v) is 4.74. The van der Waals surface area contributed by atoms with Crippen LogP contribution in [-0.4, -0.2) is 44.0 Å². The standard InChI is InChI=1S/C20H18FN3O3/c1-12(25)27-19-20(26)24-11-10-23(2)16-9-5-7-14(18(16)24)17(22-19)13-6-3-4-8-15(13)21/h3-9,19H,10-11H2,1-2H3. The Hall–Kier alpha value is -3.22. The first kappa shape index (κ1) is 17.2. The van der Waals surface area contributed by atoms with E-state index >= 15 is 0 Å². The van der Waals surface area contributed by atoms with Crippen molar-refractivity contribution in [1.29, 1.82) is 0 Å². The average molecular weight is 367 g/mol. The number of rotatable bonds is 2. The van der Waals surface area contributed by atoms with Gasteiger partial charge in [0, 0.05) is 38.2 Å². The van der Waals surface area contributed by atoms with Gasteiger partial charge < -0.3 is 14.5 Å². The molecule has 0 saturated carbocycles. The zero-order chi connectivity index (χ0) is 19.1. The molecule has 0 aliphatic carbocycles. The van der Waals surface area contributed by atoms with Crippen molar-refractivity contribution in [3.05, 3.63) is 59.4 Å². The monoisotopic (exact) mass is 367 g/mol. The van der Waals surface area contributed by atoms with Crippen molar-refractivity contribution in [2.24, 2.45) is 4.99 Å². The molecule has 2 aromatic carbocycles. The van der Waals surface area contributed by atoms with Crippen LogP contribution in [-0.2, 0) is 14.3 Å². The smallest absolute Gasteiger partial charge is 0.305 e. The third-order valence-electron chi connectivity index (χ3n) is 4.74. The van der Waals surface area contributed by atoms with Gasteiger partial charge in [-0.15, -0.1) is 0 Å². The summed E-state index contributed by atoms with van der Waals surface area (Å²) in [5.74, 6) is -1.51. The molecule has 1 atom stereocenters. The number of nitrogens with zero attached hydrogens (tertiary/aromatic N) is 3. The van der Waals surface area contributed by atoms with Crippen LogP contribution in [0.5, 0.6) is 0 Å². The Labute approximate surface area is 155 Å². The highest BCUT2D eigenvalue weighted by molar-refractivity contribution is 6.22. The number of halogens is 1. The van der Waals surface area contributed by atoms with Crippen LogP contribution >= 0.6 is 0 Å². The van der Waals surface area contributed by atoms with Gasteiger partial charge in [0.2, 0.25) is 0 Å². The predicted molar refractivity (Wildman–Crippen MR) is 99.7 cm³/mol. The fourth-order valence-corrected chi connectivity index (χ4v) is 3.49. The maximum Gasteiger partial charge on any atom is 0.305 e. The van der Waals surface area contributed by atoms with Crippen molar-refractivity contribution in [2.75, 3.05) is 29.9 Å². The van der Waals surface area contributed by atoms with E-state index in [1.807, 2.05) is 24.1 Å². The molecule has 0 saturated heterocycles. The molecule has 0 aromatic heterocycles. The summed E-state index contributed by atoms with van der Waals surface area (Å²) < 4.78 is 19.7. The second-order valence-electron chi connectivity index (χ2n) is 6.50. The Balaban J connectivity index is 1.99. The number of para-hydroxylation sites is 1. The van der Waals surface area contributed by atoms with Crippen LogP contribution in [0.1, 0.15) is 18.1 Å². The Morgan fingerprint density at radius 3 is 2.63 bits per heavy atom. The SMILES string of the molecule is CC(=O)OC1N=C(c2ccccc2F)c2cccc3c2N(CCN3C)C1=O. The van der Waals surface area contributed by atoms with Crippen molar-refractivity contribution >= 4 is 29.0 Å². The van der Waals surface area contributed by atoms with Gasteiger partial charge in [-0.3, -0.25) is 9.59 Å². The van der Waals surface area contributed by atoms with Crippen LogP contribution in [0.3, 0.4) is 0 Å². The lowest BCUT2D eigenvalue weighted by Crippen LogP contribution is -2.47. The van der Waals surface area contributed by atoms with Gasteiger partial charge in [-0.05, 0) is 18.2 Å². The number of aliphatic imine (C=N–C) groups is 1. The predicted octanol–water partition coefficient (Wildman–Crippen LogP) is 2.35. The normalized spacial score (nSPS) is 18.6. The van der Waals surface area contributed by atoms with Crippen molar-refractivity contribution in [3.8, 4) is 0 Å². The van der Waals surface area contributed by atoms with Gasteiger partial charge in [-0.1, -0.05) is 24.3 Å². The highest BCUT2D eigenvalue weighted by Gasteiger charge is 2.38. The fraction of sp³-hybridized carbons (Fsp3) is 0.250. The molecule has 1 unspecified atom stereocenters. The number of hydrogen-bond donors (Lipinski definition) is 0. The van der Waals surface area contributed by atoms with Gasteiger partial charge in [0.25, 0.3) is 12.1 Å². The minimum absolute atomic E-state index is 0.255. The summed E-state index contributed by atoms with van der Waals surface area (Å²) in [5, 5.41) is 0. The van der Waals surface area contributed by atoms with Gasteiger partial charge in [0.15, 0.2) is 0 Å². The molecule has 4 rings (SSSR count). The molecule has 6 nitrogen and oxygen atoms in total. The summed E-state index contributed by atoms with van der Waals surface area (Å²) in [7, 11) is 1.94. The molecule has 2 heterocycles. The summed E-state index contributed by atoms with van der Waals surface area (Å²) >= 11 is 0. The van der Waals surface area contributed by atoms with E-state index in [-0.39, 0.29) is 5.56 Å². The molecule has 7 heteroatoms. The molecule has 1 amide bonds. The topological polar surface area (TPSA) is 62.2 Å². The lowest BCUT2D eigenvalue weighted by atomic mass is 9.97. The minimum Gasteiger partial charge on any atom is -0.430 e. The van der Waals surface area contributed by atoms with E-state index in [1.54, 1.807) is 29.2 Å². The molecule has 0 bridgehead atoms. The molecule has 0 radical (unpaired) electrons. The first-order valence-corrected chi connectivity index (χ1v) is 8.63. The highest BCUT2D eigenvalue weighted by Crippen LogP contribution is 2.39. The van der Waals surface area contributed by atoms with Crippen molar-refractivity contribution in [3.63, 3.8) is 0 Å². The second-order valence-corrected chi connectivity index (χ2v) is 6.50. The van der Waals surface area contributed by atoms with Gasteiger partial charge in [-0.2, -0.15) is 0 Å². The molecule has 0 spiro atoms. The summed E-state index contributed by atoms with van der Waals surface area (Å²) in [4.78, 5) is 32.6. The van der Waals surface area contributed by atoms with Crippen LogP contribution in [0.15, 0.2) is 47.5 Å². The molecule has 0 N–H and O–H groups in total. The highest BCUT2D eigenvalue weighted by atomic mass is 19.1. The third kappa shape index (κ3) is 2.85. The fourth-order valence-electron chi connectivity index (χ4n) is 3.49. The van der Waals surface area contributed by atoms with Crippen LogP contribution in [0.25, 0.3) is 0 Å². The average Bonchev–Trinajstić information content (AvgIpc) is 2.75. The Kier molecular flexibility index (Phi) is 4.14. The summed E-state index contributed by atoms with van der Waals surface area (Å²) in [6.45, 7) is 2.28. The Bertz CT molecular complexity index is 973. The lowest BCUT2D eigenvalue weighted by molar-refractivity contribution is -0.152. The Morgan fingerprint density at radius 1 is 1.15 bits per heavy atom. The molecule has 2 aliphatic heterocycles. The number of carbonyl (C=O) groups excluding carboxylic acids is 2. The molecule has 2 aromatic rings. The number of esters is 1. The number of carbonyl (C=O) groups is 2. The van der Waals surface area contributed by atoms with Gasteiger partial charge in [-0.25, -0.2) is 9.38 Å². The first-order chi connectivity index (χ1) is 13.0. The van der Waals surface area contributed by atoms with E-state index < -0.39 is 23.9 Å². The number of amides is 1. The van der Waals surface area contributed by atoms with E-state index in [0.717, 1.165) is 5.69 Å². The van der Waals surface area contributed by atoms with E-state index in [9.17, 15) is 14.0 Å². The van der Waals surface area contributed by atoms with E-state index in [2.05, 4.69) is 4.99 Å². The largest absolute Gasteiger partial charge is 0.430 e. The van der Waals surface area contributed by atoms with Crippen molar-refractivity contribution in [1.82, 2.24) is 0 Å². The van der Waals surface area contributed by atoms with E-state index in [1.165, 1.54) is 13.0 Å². The zero-order valence-corrected chi connectivity index (χ0v) is 15.0. The first-order valence-electron chi connectivity index (χ1n) is 8.63. The van der Waals surface area contributed by atoms with Crippen molar-refractivity contribution < 1.29 is 18.7 Å². The number of benzene rings is 2. The molecule has 2 aliphatic rings. The summed E-state index contributed by atoms with van der Waals surface area (Å²) in [6, 6.07) is 11.8. The van der Waals surface area contributed by atoms with Gasteiger partial charge in [0.05, 0.1) is 17.1 Å². The molecule has 138 valence electrons. The Morgan fingerprint density at radius 2 is 1.89 bits per heavy atom. The maximum atomic E-state index is 14.6. The quantitative estimate of drug-likeness (QED) is 0.765. The summed E-state index contributed by atoms with van der Waals surface area (Å²) in [6.07, 6.45) is -1.35. The van der Waals surface area contributed by atoms with E-state index in [0.29, 0.717) is 30.1 Å². The van der Waals surface area contributed by atoms with Gasteiger partial charge in [0.1, 0.15) is 5.82 Å². The van der Waals surface area contributed by atoms with Crippen molar-refractivity contribution in [2.45, 2.75) is 13.2 Å². The van der Waals surface area contributed by atoms with Crippen LogP contribution in [0.2, 0.25) is 0 Å². The zero-order valence-electron chi connectivity index (χ0n) is 15.0. The van der Waals surface area contributed by atoms with Crippen LogP contribution < -0.4 is 9.80 Å². The lowest BCUT2D eigenvalue weighted by Gasteiger charge is -2.36. The summed E-state index contributed by atoms with van der Waals surface area (Å²) in [5.41, 5.74) is 2.69. The number of likely N-dealkylation sites (N-methyl/N-ethyl adjacent to an activating group) is 1. The van der Waals surface area contributed by atoms with Gasteiger partial charge >= 0.3 is 5.97 Å². The maximum absolute atomic E-state index is 14.6. The van der Waals surface area contributed by atoms with Crippen LogP contribution in [0, 0.1) is 5.82 Å². The number of anilines is 2. The van der Waals surface area contributed by atoms with Crippen LogP contribution in [0.4, 0.5) is 15.8 Å². The molecular weight excluding hydrogens is 349 g/mol. The number of hydrogen-bond acceptors (Lipinski definition) is 5. The molecule has 0 fully saturated rings. The second kappa shape index (κ2) is 6.50. The van der Waals surface area contributed by atoms with E-state index in [4.69, 9.17) is 4.74 Å². The number of ether oxygens (including phenoxy) is 1. The molecular formula is C20H18FN3O3. The minimum atomic E-state index is -1.35.